The summed E-state index contributed by atoms with van der Waals surface area (Å²) < 4.78 is 0. The van der Waals surface area contributed by atoms with Gasteiger partial charge in [0, 0.05) is 42.1 Å². The van der Waals surface area contributed by atoms with E-state index in [0.29, 0.717) is 0 Å². The molecule has 0 spiro atoms. The number of hydrogen-bond acceptors (Lipinski definition) is 31. The lowest BCUT2D eigenvalue weighted by Gasteiger charge is -2.27. The van der Waals surface area contributed by atoms with Gasteiger partial charge in [-0.2, -0.15) is 50.5 Å². The van der Waals surface area contributed by atoms with Crippen molar-refractivity contribution < 1.29 is 132 Å². The number of hydrogen-bond donors (Lipinski definition) is 29. The van der Waals surface area contributed by atoms with Crippen molar-refractivity contribution in [3.05, 3.63) is 0 Å². The maximum absolute atomic E-state index is 13.8. The molecule has 0 fully saturated rings. The van der Waals surface area contributed by atoms with Crippen LogP contribution in [0.5, 0.6) is 0 Å². The van der Waals surface area contributed by atoms with Crippen LogP contribution in [0.25, 0.3) is 0 Å². The van der Waals surface area contributed by atoms with E-state index in [2.05, 4.69) is 92.4 Å². The number of primary amides is 1. The topological polar surface area (TPSA) is 757 Å². The Morgan fingerprint density at radius 1 is 0.430 bits per heavy atom. The number of thiol groups is 4. The van der Waals surface area contributed by atoms with Crippen molar-refractivity contribution in [3.63, 3.8) is 0 Å². The van der Waals surface area contributed by atoms with Crippen LogP contribution in [0.4, 0.5) is 0 Å². The SMILES string of the molecule is C[C@@H](O)[C@H](NC(=O)[C@H](CS)NC(=O)[C@H](CC(=O)O)NC(=O)[C@@H](NC(=O)[C@H](CO)NC(=O)[C@H](CC(=O)O)NC(=O)[C@H](CO)NC(=O)[C@H](CC(=O)O)NC(=O)[C@H](CS)NC(=O)[C@H](CCCCN)NC(=O)CNC(=O)[C@H](CS)NC(=O)[C@H](CC1C=NC=N1)NC(=O)[C@H](CS)NC(=O)[C@@H](N)CCC(N)=O)[C@@H](C)O)C(=O)O. The quantitative estimate of drug-likeness (QED) is 0.0199. The first-order valence-corrected chi connectivity index (χ1v) is 34.7. The van der Waals surface area contributed by atoms with E-state index < -0.39 is 272 Å². The van der Waals surface area contributed by atoms with Crippen molar-refractivity contribution in [2.75, 3.05) is 49.3 Å². The summed E-state index contributed by atoms with van der Waals surface area (Å²) in [4.78, 5) is 254. The molecule has 0 aromatic carbocycles. The first-order chi connectivity index (χ1) is 50.2. The fourth-order valence-electron chi connectivity index (χ4n) is 8.96. The maximum atomic E-state index is 13.8. The number of carbonyl (C=O) groups is 19. The van der Waals surface area contributed by atoms with Gasteiger partial charge >= 0.3 is 23.9 Å². The predicted molar refractivity (Wildman–Crippen MR) is 380 cm³/mol. The van der Waals surface area contributed by atoms with Gasteiger partial charge in [0.15, 0.2) is 6.04 Å². The lowest BCUT2D eigenvalue weighted by Crippen LogP contribution is -2.63. The summed E-state index contributed by atoms with van der Waals surface area (Å²) in [6.45, 7) is -1.66. The van der Waals surface area contributed by atoms with Crippen LogP contribution in [-0.4, -0.2) is 318 Å². The van der Waals surface area contributed by atoms with E-state index in [4.69, 9.17) is 17.2 Å². The van der Waals surface area contributed by atoms with E-state index in [1.54, 1.807) is 0 Å². The zero-order chi connectivity index (χ0) is 81.5. The fraction of sp³-hybridized carbons (Fsp3) is 0.632. The number of rotatable bonds is 52. The van der Waals surface area contributed by atoms with Crippen molar-refractivity contribution >= 4 is 176 Å². The largest absolute Gasteiger partial charge is 0.481 e. The van der Waals surface area contributed by atoms with Gasteiger partial charge in [0.1, 0.15) is 78.8 Å². The molecule has 600 valence electrons. The third-order valence-corrected chi connectivity index (χ3v) is 16.3. The first kappa shape index (κ1) is 95.4. The fourth-order valence-corrected chi connectivity index (χ4v) is 9.99. The molecule has 0 bridgehead atoms. The zero-order valence-corrected chi connectivity index (χ0v) is 60.8. The molecule has 0 radical (unpaired) electrons. The Hall–Kier alpha value is -9.57. The minimum absolute atomic E-state index is 0.106. The molecule has 0 saturated carbocycles. The zero-order valence-electron chi connectivity index (χ0n) is 57.2. The van der Waals surface area contributed by atoms with E-state index in [9.17, 15) is 132 Å². The molecular weight excluding hydrogens is 1510 g/mol. The van der Waals surface area contributed by atoms with Gasteiger partial charge in [-0.15, -0.1) is 0 Å². The molecule has 1 unspecified atom stereocenters. The summed E-state index contributed by atoms with van der Waals surface area (Å²) in [7, 11) is 0. The van der Waals surface area contributed by atoms with E-state index in [1.165, 1.54) is 12.6 Å². The van der Waals surface area contributed by atoms with E-state index in [-0.39, 0.29) is 50.8 Å². The summed E-state index contributed by atoms with van der Waals surface area (Å²) in [5.74, 6) is -27.3. The Balaban J connectivity index is 3.27. The second-order valence-electron chi connectivity index (χ2n) is 23.4. The van der Waals surface area contributed by atoms with Crippen LogP contribution in [0.1, 0.15) is 71.6 Å². The number of nitrogens with zero attached hydrogens (tertiary/aromatic N) is 2. The normalized spacial score (nSPS) is 16.6. The minimum atomic E-state index is -2.30. The third kappa shape index (κ3) is 35.1. The molecular formula is C57H91N19O27S4. The van der Waals surface area contributed by atoms with Crippen LogP contribution in [-0.2, 0) is 91.1 Å². The highest BCUT2D eigenvalue weighted by Gasteiger charge is 2.39. The maximum Gasteiger partial charge on any atom is 0.328 e. The second kappa shape index (κ2) is 49.3. The number of aliphatic hydroxyl groups excluding tert-OH is 4. The molecule has 15 amide bonds. The van der Waals surface area contributed by atoms with Crippen molar-refractivity contribution in [1.82, 2.24) is 74.4 Å². The van der Waals surface area contributed by atoms with Gasteiger partial charge in [-0.25, -0.2) is 9.79 Å². The van der Waals surface area contributed by atoms with Crippen LogP contribution < -0.4 is 91.6 Å². The first-order valence-electron chi connectivity index (χ1n) is 32.1. The Morgan fingerprint density at radius 3 is 1.16 bits per heavy atom. The minimum Gasteiger partial charge on any atom is -0.481 e. The standard InChI is InChI=1S/C57H91N19O27S4/c1-22(79)42(56(101)68-30(12-41(87)88)50(95)74-36(20-107)55(100)76-43(23(2)80)57(102)103)75-52(97)32(16-78)70-48(93)28(10-39(83)84)66-51(96)31(15-77)69-49(94)29(11-40(85)86)67-54(99)35(19-106)73-46(91)26(5-3-4-8-58)64-38(82)14-62-45(90)33(17-104)72-47(92)27(9-24-13-61-21-63-24)65-53(98)34(18-105)71-44(89)25(59)6-7-37(60)81/h13,21-36,42-43,77-80,104-107H,3-12,14-20,58-59H2,1-2H3,(H2,60,81)(H,62,90)(H,64,82)(H,65,98)(H,66,96)(H,67,99)(H,68,101)(H,69,94)(H,70,93)(H,71,89)(H,72,92)(H,73,91)(H,74,95)(H,75,97)(H,76,100)(H,83,84)(H,85,86)(H,87,88)(H,102,103)/t22-,23-,24?,25+,26+,27+,28+,29+,30+,31+,32+,33+,34+,35+,36+,42+,43+/m1/s1. The number of nitrogens with two attached hydrogens (primary N) is 3. The highest BCUT2D eigenvalue weighted by atomic mass is 32.1. The van der Waals surface area contributed by atoms with Crippen molar-refractivity contribution in [2.45, 2.75) is 174 Å². The Labute approximate surface area is 630 Å². The summed E-state index contributed by atoms with van der Waals surface area (Å²) in [6, 6.07) is -26.5. The summed E-state index contributed by atoms with van der Waals surface area (Å²) >= 11 is 16.2. The molecule has 1 aliphatic heterocycles. The average Bonchev–Trinajstić information content (AvgIpc) is 1.75. The lowest BCUT2D eigenvalue weighted by molar-refractivity contribution is -0.145. The molecule has 1 aliphatic rings. The van der Waals surface area contributed by atoms with Gasteiger partial charge in [0.05, 0.1) is 63.3 Å². The summed E-state index contributed by atoms with van der Waals surface area (Å²) in [5.41, 5.74) is 16.6. The number of aliphatic carboxylic acids is 4. The Kier molecular flexibility index (Phi) is 44.0. The van der Waals surface area contributed by atoms with Crippen LogP contribution in [0, 0.1) is 0 Å². The molecule has 28 N–H and O–H groups in total. The molecule has 0 aromatic rings. The van der Waals surface area contributed by atoms with Crippen LogP contribution in [0.2, 0.25) is 0 Å². The van der Waals surface area contributed by atoms with Crippen LogP contribution >= 0.6 is 50.5 Å². The van der Waals surface area contributed by atoms with Gasteiger partial charge < -0.3 is 132 Å². The van der Waals surface area contributed by atoms with E-state index >= 15 is 0 Å². The molecule has 0 saturated heterocycles. The average molecular weight is 1600 g/mol. The molecule has 0 aromatic heterocycles. The van der Waals surface area contributed by atoms with Gasteiger partial charge in [-0.1, -0.05) is 0 Å². The number of amides is 15. The van der Waals surface area contributed by atoms with Crippen molar-refractivity contribution in [3.8, 4) is 0 Å². The highest BCUT2D eigenvalue weighted by molar-refractivity contribution is 7.80. The number of carbonyl (C=O) groups excluding carboxylic acids is 15. The Bertz CT molecular complexity index is 3240. The molecule has 17 atom stereocenters. The van der Waals surface area contributed by atoms with Crippen LogP contribution in [0.3, 0.4) is 0 Å². The Morgan fingerprint density at radius 2 is 0.776 bits per heavy atom. The number of carboxylic acid groups (broad SMARTS) is 4. The van der Waals surface area contributed by atoms with Crippen molar-refractivity contribution in [1.29, 1.82) is 0 Å². The lowest BCUT2D eigenvalue weighted by atomic mass is 10.1. The van der Waals surface area contributed by atoms with Crippen LogP contribution in [0.15, 0.2) is 9.98 Å². The molecule has 50 heteroatoms. The van der Waals surface area contributed by atoms with Gasteiger partial charge in [0.2, 0.25) is 88.6 Å². The van der Waals surface area contributed by atoms with E-state index in [1.807, 2.05) is 42.5 Å². The molecule has 1 heterocycles. The molecule has 46 nitrogen and oxygen atoms in total. The smallest absolute Gasteiger partial charge is 0.328 e. The van der Waals surface area contributed by atoms with Gasteiger partial charge in [-0.3, -0.25) is 91.3 Å². The number of unbranched alkanes of at least 4 members (excludes halogenated alkanes) is 1. The molecule has 107 heavy (non-hydrogen) atoms. The van der Waals surface area contributed by atoms with Gasteiger partial charge in [-0.05, 0) is 46.1 Å². The second-order valence-corrected chi connectivity index (χ2v) is 24.9. The monoisotopic (exact) mass is 1600 g/mol. The number of aliphatic hydroxyl groups is 4. The number of nitrogens with one attached hydrogen (secondary N) is 14. The summed E-state index contributed by atoms with van der Waals surface area (Å²) in [5, 5.41) is 108. The molecule has 0 aliphatic carbocycles. The number of carboxylic acids is 4. The van der Waals surface area contributed by atoms with Crippen molar-refractivity contribution in [2.24, 2.45) is 27.2 Å². The molecule has 1 rings (SSSR count). The number of aliphatic imine (C=N–C) groups is 2. The van der Waals surface area contributed by atoms with E-state index in [0.717, 1.165) is 13.8 Å². The predicted octanol–water partition coefficient (Wildman–Crippen LogP) is -14.0. The summed E-state index contributed by atoms with van der Waals surface area (Å²) in [6.07, 6.45) is -5.27. The third-order valence-electron chi connectivity index (χ3n) is 14.8. The highest BCUT2D eigenvalue weighted by Crippen LogP contribution is 2.10. The van der Waals surface area contributed by atoms with Gasteiger partial charge in [0.25, 0.3) is 0 Å².